The van der Waals surface area contributed by atoms with Crippen LogP contribution in [-0.2, 0) is 14.3 Å². The van der Waals surface area contributed by atoms with Gasteiger partial charge in [-0.25, -0.2) is 0 Å². The fourth-order valence-electron chi connectivity index (χ4n) is 4.36. The van der Waals surface area contributed by atoms with Crippen LogP contribution in [0.3, 0.4) is 0 Å². The first kappa shape index (κ1) is 23.5. The Morgan fingerprint density at radius 1 is 0.935 bits per heavy atom. The summed E-state index contributed by atoms with van der Waals surface area (Å²) in [5, 5.41) is 0. The number of amides is 2. The molecule has 2 heterocycles. The van der Waals surface area contributed by atoms with Gasteiger partial charge in [-0.3, -0.25) is 14.5 Å². The molecule has 2 aliphatic rings. The summed E-state index contributed by atoms with van der Waals surface area (Å²) in [6, 6.07) is 6.09. The molecule has 1 saturated heterocycles. The summed E-state index contributed by atoms with van der Waals surface area (Å²) in [7, 11) is 0. The van der Waals surface area contributed by atoms with Crippen LogP contribution < -0.4 is 0 Å². The SMILES string of the molecule is CCCCOCCCN1C(=O)C(c2ccc(C)cc2C)=C(N2CCN(CC)CC2)C1=O. The smallest absolute Gasteiger partial charge is 0.277 e. The third-order valence-electron chi connectivity index (χ3n) is 6.24. The molecule has 6 nitrogen and oxygen atoms in total. The highest BCUT2D eigenvalue weighted by molar-refractivity contribution is 6.35. The molecule has 0 unspecified atom stereocenters. The van der Waals surface area contributed by atoms with Crippen LogP contribution in [0.2, 0.25) is 0 Å². The van der Waals surface area contributed by atoms with E-state index in [4.69, 9.17) is 4.74 Å². The van der Waals surface area contributed by atoms with Crippen molar-refractivity contribution in [1.29, 1.82) is 0 Å². The molecule has 1 aromatic rings. The molecule has 0 aliphatic carbocycles. The van der Waals surface area contributed by atoms with Crippen LogP contribution in [0.1, 0.15) is 49.8 Å². The highest BCUT2D eigenvalue weighted by Crippen LogP contribution is 2.34. The van der Waals surface area contributed by atoms with Gasteiger partial charge in [0.15, 0.2) is 0 Å². The third kappa shape index (κ3) is 5.36. The highest BCUT2D eigenvalue weighted by Gasteiger charge is 2.42. The second-order valence-electron chi connectivity index (χ2n) is 8.54. The average Bonchev–Trinajstić information content (AvgIpc) is 3.00. The van der Waals surface area contributed by atoms with Crippen LogP contribution in [0.25, 0.3) is 5.57 Å². The first-order chi connectivity index (χ1) is 15.0. The van der Waals surface area contributed by atoms with E-state index in [1.165, 1.54) is 4.90 Å². The Morgan fingerprint density at radius 2 is 1.65 bits per heavy atom. The van der Waals surface area contributed by atoms with Gasteiger partial charge in [-0.05, 0) is 44.4 Å². The molecule has 0 N–H and O–H groups in total. The summed E-state index contributed by atoms with van der Waals surface area (Å²) in [4.78, 5) is 32.8. The molecule has 0 spiro atoms. The quantitative estimate of drug-likeness (QED) is 0.424. The van der Waals surface area contributed by atoms with Gasteiger partial charge < -0.3 is 14.5 Å². The maximum atomic E-state index is 13.5. The Bertz CT molecular complexity index is 825. The molecule has 170 valence electrons. The van der Waals surface area contributed by atoms with E-state index in [1.807, 2.05) is 26.0 Å². The van der Waals surface area contributed by atoms with Crippen molar-refractivity contribution in [2.75, 3.05) is 52.5 Å². The number of aryl methyl sites for hydroxylation is 2. The molecule has 31 heavy (non-hydrogen) atoms. The zero-order valence-corrected chi connectivity index (χ0v) is 19.6. The van der Waals surface area contributed by atoms with E-state index in [9.17, 15) is 9.59 Å². The Morgan fingerprint density at radius 3 is 2.29 bits per heavy atom. The van der Waals surface area contributed by atoms with E-state index in [-0.39, 0.29) is 11.8 Å². The van der Waals surface area contributed by atoms with Crippen molar-refractivity contribution in [2.24, 2.45) is 0 Å². The number of carbonyl (C=O) groups is 2. The standard InChI is InChI=1S/C25H37N3O3/c1-5-7-16-31-17-8-11-28-24(29)22(21-10-9-19(3)18-20(21)4)23(25(28)30)27-14-12-26(6-2)13-15-27/h9-10,18H,5-8,11-17H2,1-4H3. The van der Waals surface area contributed by atoms with E-state index < -0.39 is 0 Å². The molecule has 3 rings (SSSR count). The van der Waals surface area contributed by atoms with Crippen molar-refractivity contribution < 1.29 is 14.3 Å². The normalized spacial score (nSPS) is 17.9. The van der Waals surface area contributed by atoms with Crippen LogP contribution >= 0.6 is 0 Å². The molecule has 0 saturated carbocycles. The first-order valence-corrected chi connectivity index (χ1v) is 11.7. The Labute approximate surface area is 186 Å². The van der Waals surface area contributed by atoms with Crippen LogP contribution in [0, 0.1) is 13.8 Å². The second kappa shape index (κ2) is 10.9. The van der Waals surface area contributed by atoms with Gasteiger partial charge in [0.1, 0.15) is 5.70 Å². The number of rotatable bonds is 10. The Kier molecular flexibility index (Phi) is 8.27. The lowest BCUT2D eigenvalue weighted by Crippen LogP contribution is -2.47. The van der Waals surface area contributed by atoms with Gasteiger partial charge in [0.05, 0.1) is 5.57 Å². The monoisotopic (exact) mass is 427 g/mol. The topological polar surface area (TPSA) is 53.1 Å². The van der Waals surface area contributed by atoms with Gasteiger partial charge in [-0.1, -0.05) is 44.0 Å². The summed E-state index contributed by atoms with van der Waals surface area (Å²) in [5.41, 5.74) is 4.21. The molecular weight excluding hydrogens is 390 g/mol. The maximum absolute atomic E-state index is 13.5. The van der Waals surface area contributed by atoms with Crippen molar-refractivity contribution in [3.63, 3.8) is 0 Å². The van der Waals surface area contributed by atoms with Gasteiger partial charge in [0.2, 0.25) is 0 Å². The van der Waals surface area contributed by atoms with E-state index >= 15 is 0 Å². The first-order valence-electron chi connectivity index (χ1n) is 11.7. The molecule has 1 fully saturated rings. The van der Waals surface area contributed by atoms with Gasteiger partial charge in [-0.2, -0.15) is 0 Å². The van der Waals surface area contributed by atoms with Crippen LogP contribution in [0.15, 0.2) is 23.9 Å². The number of imide groups is 1. The fourth-order valence-corrected chi connectivity index (χ4v) is 4.36. The number of nitrogens with zero attached hydrogens (tertiary/aromatic N) is 3. The molecule has 0 bridgehead atoms. The largest absolute Gasteiger partial charge is 0.381 e. The lowest BCUT2D eigenvalue weighted by Gasteiger charge is -2.36. The van der Waals surface area contributed by atoms with Crippen molar-refractivity contribution >= 4 is 17.4 Å². The molecule has 6 heteroatoms. The number of piperazine rings is 1. The Hall–Kier alpha value is -2.18. The minimum absolute atomic E-state index is 0.154. The predicted octanol–water partition coefficient (Wildman–Crippen LogP) is 3.23. The molecule has 1 aromatic carbocycles. The highest BCUT2D eigenvalue weighted by atomic mass is 16.5. The number of unbranched alkanes of at least 4 members (excludes halogenated alkanes) is 1. The molecule has 2 amide bonds. The number of carbonyl (C=O) groups excluding carboxylic acids is 2. The zero-order valence-electron chi connectivity index (χ0n) is 19.6. The second-order valence-corrected chi connectivity index (χ2v) is 8.54. The number of likely N-dealkylation sites (N-methyl/N-ethyl adjacent to an activating group) is 1. The van der Waals surface area contributed by atoms with Crippen molar-refractivity contribution in [3.05, 3.63) is 40.6 Å². The molecule has 2 aliphatic heterocycles. The number of hydrogen-bond acceptors (Lipinski definition) is 5. The van der Waals surface area contributed by atoms with Gasteiger partial charge in [0, 0.05) is 45.9 Å². The van der Waals surface area contributed by atoms with Crippen molar-refractivity contribution in [3.8, 4) is 0 Å². The molecular formula is C25H37N3O3. The van der Waals surface area contributed by atoms with Crippen molar-refractivity contribution in [2.45, 2.75) is 47.0 Å². The molecule has 0 radical (unpaired) electrons. The third-order valence-corrected chi connectivity index (χ3v) is 6.24. The van der Waals surface area contributed by atoms with E-state index in [0.717, 1.165) is 68.9 Å². The summed E-state index contributed by atoms with van der Waals surface area (Å²) >= 11 is 0. The molecule has 0 aromatic heterocycles. The number of benzene rings is 1. The van der Waals surface area contributed by atoms with Crippen LogP contribution in [0.4, 0.5) is 0 Å². The van der Waals surface area contributed by atoms with Gasteiger partial charge >= 0.3 is 0 Å². The fraction of sp³-hybridized carbons (Fsp3) is 0.600. The lowest BCUT2D eigenvalue weighted by atomic mass is 9.97. The number of ether oxygens (including phenoxy) is 1. The lowest BCUT2D eigenvalue weighted by molar-refractivity contribution is -0.137. The van der Waals surface area contributed by atoms with Gasteiger partial charge in [0.25, 0.3) is 11.8 Å². The summed E-state index contributed by atoms with van der Waals surface area (Å²) in [5.74, 6) is -0.322. The minimum atomic E-state index is -0.168. The van der Waals surface area contributed by atoms with Gasteiger partial charge in [-0.15, -0.1) is 0 Å². The summed E-state index contributed by atoms with van der Waals surface area (Å²) in [6.07, 6.45) is 2.80. The van der Waals surface area contributed by atoms with Crippen molar-refractivity contribution in [1.82, 2.24) is 14.7 Å². The summed E-state index contributed by atoms with van der Waals surface area (Å²) < 4.78 is 5.64. The van der Waals surface area contributed by atoms with E-state index in [2.05, 4.69) is 29.7 Å². The van der Waals surface area contributed by atoms with E-state index in [1.54, 1.807) is 0 Å². The average molecular weight is 428 g/mol. The van der Waals surface area contributed by atoms with E-state index in [0.29, 0.717) is 30.8 Å². The minimum Gasteiger partial charge on any atom is -0.381 e. The van der Waals surface area contributed by atoms with Crippen LogP contribution in [0.5, 0.6) is 0 Å². The zero-order chi connectivity index (χ0) is 22.4. The Balaban J connectivity index is 1.83. The van der Waals surface area contributed by atoms with Crippen LogP contribution in [-0.4, -0.2) is 79.0 Å². The molecule has 0 atom stereocenters. The maximum Gasteiger partial charge on any atom is 0.277 e. The summed E-state index contributed by atoms with van der Waals surface area (Å²) in [6.45, 7) is 14.4. The number of hydrogen-bond donors (Lipinski definition) is 0. The predicted molar refractivity (Wildman–Crippen MR) is 124 cm³/mol.